The van der Waals surface area contributed by atoms with Crippen molar-refractivity contribution in [3.8, 4) is 16.2 Å². The van der Waals surface area contributed by atoms with E-state index in [0.717, 1.165) is 16.9 Å². The fraction of sp³-hybridized carbons (Fsp3) is 0.217. The van der Waals surface area contributed by atoms with Crippen LogP contribution in [0.25, 0.3) is 21.4 Å². The van der Waals surface area contributed by atoms with Crippen LogP contribution < -0.4 is 15.8 Å². The van der Waals surface area contributed by atoms with E-state index < -0.39 is 11.9 Å². The normalized spacial score (nSPS) is 12.2. The average molecular weight is 508 g/mol. The van der Waals surface area contributed by atoms with Crippen LogP contribution in [0.15, 0.2) is 40.5 Å². The van der Waals surface area contributed by atoms with E-state index in [1.807, 2.05) is 6.92 Å². The average Bonchev–Trinajstić information content (AvgIpc) is 3.44. The summed E-state index contributed by atoms with van der Waals surface area (Å²) in [6, 6.07) is 4.40. The summed E-state index contributed by atoms with van der Waals surface area (Å²) in [4.78, 5) is 17.3. The second kappa shape index (κ2) is 9.59. The SMILES string of the molecule is CCCNC(=O)c1csc(-c2coc3c(O[C@H](C)c4c(Cl)ccc(F)c4Cl)c(N)ncc23)c1. The number of hydrogen-bond acceptors (Lipinski definition) is 6. The second-order valence-corrected chi connectivity index (χ2v) is 9.03. The van der Waals surface area contributed by atoms with Crippen molar-refractivity contribution in [1.82, 2.24) is 10.3 Å². The first-order chi connectivity index (χ1) is 15.8. The number of nitrogens with zero attached hydrogens (tertiary/aromatic N) is 1. The predicted octanol–water partition coefficient (Wildman–Crippen LogP) is 6.86. The number of fused-ring (bicyclic) bond motifs is 1. The lowest BCUT2D eigenvalue weighted by molar-refractivity contribution is 0.0954. The van der Waals surface area contributed by atoms with Gasteiger partial charge in [0.05, 0.1) is 16.0 Å². The van der Waals surface area contributed by atoms with E-state index in [-0.39, 0.29) is 27.5 Å². The number of carbonyl (C=O) groups excluding carboxylic acids is 1. The van der Waals surface area contributed by atoms with Gasteiger partial charge in [-0.25, -0.2) is 9.37 Å². The van der Waals surface area contributed by atoms with Gasteiger partial charge in [0.1, 0.15) is 18.2 Å². The van der Waals surface area contributed by atoms with E-state index in [1.165, 1.54) is 23.5 Å². The van der Waals surface area contributed by atoms with Gasteiger partial charge in [-0.05, 0) is 31.5 Å². The first kappa shape index (κ1) is 23.4. The van der Waals surface area contributed by atoms with Gasteiger partial charge in [0, 0.05) is 39.1 Å². The van der Waals surface area contributed by atoms with Crippen molar-refractivity contribution in [1.29, 1.82) is 0 Å². The molecule has 4 aromatic rings. The van der Waals surface area contributed by atoms with Crippen molar-refractivity contribution in [2.45, 2.75) is 26.4 Å². The van der Waals surface area contributed by atoms with Crippen LogP contribution in [0.1, 0.15) is 42.3 Å². The predicted molar refractivity (Wildman–Crippen MR) is 130 cm³/mol. The molecule has 0 aliphatic carbocycles. The van der Waals surface area contributed by atoms with Gasteiger partial charge in [0.25, 0.3) is 5.91 Å². The molecule has 3 aromatic heterocycles. The van der Waals surface area contributed by atoms with E-state index in [9.17, 15) is 9.18 Å². The molecule has 172 valence electrons. The molecule has 0 aliphatic heterocycles. The van der Waals surface area contributed by atoms with Gasteiger partial charge in [-0.3, -0.25) is 4.79 Å². The smallest absolute Gasteiger partial charge is 0.252 e. The lowest BCUT2D eigenvalue weighted by Gasteiger charge is -2.18. The Morgan fingerprint density at radius 2 is 2.18 bits per heavy atom. The van der Waals surface area contributed by atoms with Gasteiger partial charge in [0.2, 0.25) is 5.75 Å². The Balaban J connectivity index is 1.69. The minimum atomic E-state index is -0.737. The monoisotopic (exact) mass is 507 g/mol. The highest BCUT2D eigenvalue weighted by molar-refractivity contribution is 7.14. The number of aromatic nitrogens is 1. The zero-order valence-corrected chi connectivity index (χ0v) is 20.1. The number of nitrogen functional groups attached to an aromatic ring is 1. The molecular formula is C23H20Cl2FN3O3S. The molecule has 0 spiro atoms. The third-order valence-electron chi connectivity index (χ3n) is 5.04. The summed E-state index contributed by atoms with van der Waals surface area (Å²) in [5.41, 5.74) is 8.06. The third kappa shape index (κ3) is 4.51. The number of nitrogens with one attached hydrogen (secondary N) is 1. The topological polar surface area (TPSA) is 90.4 Å². The summed E-state index contributed by atoms with van der Waals surface area (Å²) < 4.78 is 25.8. The summed E-state index contributed by atoms with van der Waals surface area (Å²) >= 11 is 13.8. The van der Waals surface area contributed by atoms with E-state index in [1.54, 1.807) is 30.8 Å². The summed E-state index contributed by atoms with van der Waals surface area (Å²) in [5, 5.41) is 5.45. The van der Waals surface area contributed by atoms with Crippen LogP contribution >= 0.6 is 34.5 Å². The molecule has 3 N–H and O–H groups in total. The van der Waals surface area contributed by atoms with Crippen LogP contribution in [0.5, 0.6) is 5.75 Å². The number of rotatable bonds is 7. The number of pyridine rings is 1. The van der Waals surface area contributed by atoms with E-state index in [4.69, 9.17) is 38.1 Å². The molecular weight excluding hydrogens is 488 g/mol. The molecule has 0 unspecified atom stereocenters. The third-order valence-corrected chi connectivity index (χ3v) is 6.72. The van der Waals surface area contributed by atoms with Gasteiger partial charge in [0.15, 0.2) is 11.4 Å². The minimum Gasteiger partial charge on any atom is -0.478 e. The van der Waals surface area contributed by atoms with Gasteiger partial charge >= 0.3 is 0 Å². The summed E-state index contributed by atoms with van der Waals surface area (Å²) in [6.45, 7) is 4.28. The summed E-state index contributed by atoms with van der Waals surface area (Å²) in [5.74, 6) is -0.436. The molecule has 1 aromatic carbocycles. The van der Waals surface area contributed by atoms with Crippen LogP contribution in [0.3, 0.4) is 0 Å². The fourth-order valence-electron chi connectivity index (χ4n) is 3.37. The van der Waals surface area contributed by atoms with Crippen molar-refractivity contribution < 1.29 is 18.3 Å². The van der Waals surface area contributed by atoms with Crippen molar-refractivity contribution in [2.75, 3.05) is 12.3 Å². The molecule has 0 fully saturated rings. The number of thiophene rings is 1. The van der Waals surface area contributed by atoms with Crippen molar-refractivity contribution >= 4 is 57.2 Å². The minimum absolute atomic E-state index is 0.102. The summed E-state index contributed by atoms with van der Waals surface area (Å²) in [6.07, 6.45) is 3.26. The Labute approximate surface area is 203 Å². The largest absolute Gasteiger partial charge is 0.478 e. The lowest BCUT2D eigenvalue weighted by Crippen LogP contribution is -2.23. The Hall–Kier alpha value is -2.81. The molecule has 0 aliphatic rings. The van der Waals surface area contributed by atoms with Crippen molar-refractivity contribution in [2.24, 2.45) is 0 Å². The van der Waals surface area contributed by atoms with E-state index in [0.29, 0.717) is 28.6 Å². The van der Waals surface area contributed by atoms with E-state index in [2.05, 4.69) is 10.3 Å². The molecule has 6 nitrogen and oxygen atoms in total. The van der Waals surface area contributed by atoms with Crippen molar-refractivity contribution in [3.05, 3.63) is 63.0 Å². The Kier molecular flexibility index (Phi) is 6.78. The van der Waals surface area contributed by atoms with E-state index >= 15 is 0 Å². The zero-order chi connectivity index (χ0) is 23.7. The number of anilines is 1. The number of carbonyl (C=O) groups is 1. The zero-order valence-electron chi connectivity index (χ0n) is 17.7. The van der Waals surface area contributed by atoms with Gasteiger partial charge in [-0.15, -0.1) is 11.3 Å². The maximum Gasteiger partial charge on any atom is 0.252 e. The Morgan fingerprint density at radius 1 is 1.39 bits per heavy atom. The van der Waals surface area contributed by atoms with Crippen LogP contribution in [0.2, 0.25) is 10.0 Å². The van der Waals surface area contributed by atoms with Crippen LogP contribution in [0.4, 0.5) is 10.2 Å². The van der Waals surface area contributed by atoms with Crippen LogP contribution in [0, 0.1) is 5.82 Å². The van der Waals surface area contributed by atoms with Crippen molar-refractivity contribution in [3.63, 3.8) is 0 Å². The summed E-state index contributed by atoms with van der Waals surface area (Å²) in [7, 11) is 0. The number of amides is 1. The maximum absolute atomic E-state index is 14.0. The number of furan rings is 1. The Morgan fingerprint density at radius 3 is 2.94 bits per heavy atom. The second-order valence-electron chi connectivity index (χ2n) is 7.34. The van der Waals surface area contributed by atoms with Gasteiger partial charge in [-0.2, -0.15) is 0 Å². The van der Waals surface area contributed by atoms with Crippen LogP contribution in [-0.4, -0.2) is 17.4 Å². The molecule has 0 radical (unpaired) electrons. The molecule has 3 heterocycles. The first-order valence-electron chi connectivity index (χ1n) is 10.1. The molecule has 0 saturated carbocycles. The number of halogens is 3. The maximum atomic E-state index is 14.0. The van der Waals surface area contributed by atoms with Gasteiger partial charge < -0.3 is 20.2 Å². The highest BCUT2D eigenvalue weighted by Gasteiger charge is 2.23. The molecule has 33 heavy (non-hydrogen) atoms. The van der Waals surface area contributed by atoms with Gasteiger partial charge in [-0.1, -0.05) is 30.1 Å². The highest BCUT2D eigenvalue weighted by atomic mass is 35.5. The quantitative estimate of drug-likeness (QED) is 0.266. The molecule has 1 atom stereocenters. The molecule has 4 rings (SSSR count). The lowest BCUT2D eigenvalue weighted by atomic mass is 10.1. The number of nitrogens with two attached hydrogens (primary N) is 1. The van der Waals surface area contributed by atoms with Crippen LogP contribution in [-0.2, 0) is 0 Å². The number of hydrogen-bond donors (Lipinski definition) is 2. The highest BCUT2D eigenvalue weighted by Crippen LogP contribution is 2.42. The molecule has 0 bridgehead atoms. The first-order valence-corrected chi connectivity index (χ1v) is 11.8. The standard InChI is InChI=1S/C23H20Cl2FN3O3S/c1-3-6-28-23(30)12-7-17(33-10-12)14-9-31-20-13(14)8-29-22(27)21(20)32-11(2)18-15(24)4-5-16(26)19(18)25/h4-5,7-11H,3,6H2,1-2H3,(H2,27,29)(H,28,30)/t11-/m1/s1. The Bertz CT molecular complexity index is 1340. The number of benzene rings is 1. The fourth-order valence-corrected chi connectivity index (χ4v) is 4.96. The molecule has 0 saturated heterocycles. The molecule has 1 amide bonds. The molecule has 10 heteroatoms. The number of ether oxygens (including phenoxy) is 1.